The fourth-order valence-corrected chi connectivity index (χ4v) is 4.69. The molecule has 3 rings (SSSR count). The van der Waals surface area contributed by atoms with Crippen molar-refractivity contribution >= 4 is 21.6 Å². The second kappa shape index (κ2) is 7.59. The number of sulfone groups is 1. The van der Waals surface area contributed by atoms with Gasteiger partial charge in [-0.2, -0.15) is 5.10 Å². The third kappa shape index (κ3) is 4.60. The molecule has 0 radical (unpaired) electrons. The number of hydrogen-bond donors (Lipinski definition) is 1. The summed E-state index contributed by atoms with van der Waals surface area (Å²) in [5.74, 6) is 1.56. The first kappa shape index (κ1) is 19.2. The fourth-order valence-electron chi connectivity index (χ4n) is 3.00. The normalized spacial score (nSPS) is 19.4. The van der Waals surface area contributed by atoms with Crippen molar-refractivity contribution in [2.24, 2.45) is 0 Å². The van der Waals surface area contributed by atoms with Crippen LogP contribution in [0.3, 0.4) is 0 Å². The summed E-state index contributed by atoms with van der Waals surface area (Å²) in [6.45, 7) is 3.44. The minimum atomic E-state index is -3.05. The van der Waals surface area contributed by atoms with Crippen molar-refractivity contribution in [2.45, 2.75) is 32.4 Å². The lowest BCUT2D eigenvalue weighted by Crippen LogP contribution is -2.31. The molecule has 1 aromatic carbocycles. The molecule has 8 nitrogen and oxygen atoms in total. The van der Waals surface area contributed by atoms with Gasteiger partial charge in [0.15, 0.2) is 15.9 Å². The first-order valence-electron chi connectivity index (χ1n) is 8.65. The molecular formula is C18H23N3O5S. The van der Waals surface area contributed by atoms with Crippen LogP contribution in [-0.2, 0) is 14.6 Å². The Morgan fingerprint density at radius 3 is 2.56 bits per heavy atom. The summed E-state index contributed by atoms with van der Waals surface area (Å²) in [5, 5.41) is 7.15. The molecule has 0 bridgehead atoms. The van der Waals surface area contributed by atoms with Gasteiger partial charge in [-0.1, -0.05) is 0 Å². The Kier molecular flexibility index (Phi) is 5.41. The predicted octanol–water partition coefficient (Wildman–Crippen LogP) is 1.97. The van der Waals surface area contributed by atoms with E-state index in [1.165, 1.54) is 0 Å². The number of nitrogens with zero attached hydrogens (tertiary/aromatic N) is 2. The average molecular weight is 393 g/mol. The number of nitrogens with one attached hydrogen (secondary N) is 1. The number of benzene rings is 1. The molecule has 1 N–H and O–H groups in total. The van der Waals surface area contributed by atoms with Crippen LogP contribution in [0.25, 0.3) is 0 Å². The number of methoxy groups -OCH3 is 1. The van der Waals surface area contributed by atoms with E-state index in [1.54, 1.807) is 56.0 Å². The van der Waals surface area contributed by atoms with Gasteiger partial charge in [-0.05, 0) is 44.5 Å². The number of carbonyl (C=O) groups excluding carboxylic acids is 1. The Morgan fingerprint density at radius 1 is 1.30 bits per heavy atom. The van der Waals surface area contributed by atoms with Crippen LogP contribution in [0.1, 0.15) is 25.1 Å². The highest BCUT2D eigenvalue weighted by molar-refractivity contribution is 7.91. The van der Waals surface area contributed by atoms with Gasteiger partial charge in [0.1, 0.15) is 17.3 Å². The van der Waals surface area contributed by atoms with Crippen molar-refractivity contribution in [1.29, 1.82) is 0 Å². The standard InChI is InChI=1S/C18H23N3O5S/c1-12-10-17(21(20-12)14-8-9-27(23,24)11-14)19-18(22)13(2)26-16-6-4-15(25-3)5-7-16/h4-7,10,13-14H,8-9,11H2,1-3H3,(H,19,22). The number of carbonyl (C=O) groups is 1. The van der Waals surface area contributed by atoms with E-state index in [0.717, 1.165) is 0 Å². The molecule has 0 saturated carbocycles. The molecule has 0 spiro atoms. The molecule has 1 aromatic heterocycles. The maximum atomic E-state index is 12.5. The van der Waals surface area contributed by atoms with Gasteiger partial charge in [-0.15, -0.1) is 0 Å². The molecule has 27 heavy (non-hydrogen) atoms. The van der Waals surface area contributed by atoms with Crippen molar-refractivity contribution in [3.8, 4) is 11.5 Å². The monoisotopic (exact) mass is 393 g/mol. The van der Waals surface area contributed by atoms with Gasteiger partial charge in [0.25, 0.3) is 5.91 Å². The van der Waals surface area contributed by atoms with E-state index >= 15 is 0 Å². The summed E-state index contributed by atoms with van der Waals surface area (Å²) in [5.41, 5.74) is 0.707. The van der Waals surface area contributed by atoms with Crippen LogP contribution in [-0.4, -0.2) is 48.8 Å². The molecule has 2 unspecified atom stereocenters. The lowest BCUT2D eigenvalue weighted by Gasteiger charge is -2.17. The molecule has 1 fully saturated rings. The third-order valence-corrected chi connectivity index (χ3v) is 6.16. The third-order valence-electron chi connectivity index (χ3n) is 4.40. The fraction of sp³-hybridized carbons (Fsp3) is 0.444. The molecule has 0 aliphatic carbocycles. The number of rotatable bonds is 6. The van der Waals surface area contributed by atoms with E-state index < -0.39 is 15.9 Å². The molecule has 1 saturated heterocycles. The summed E-state index contributed by atoms with van der Waals surface area (Å²) in [7, 11) is -1.47. The Morgan fingerprint density at radius 2 is 1.96 bits per heavy atom. The van der Waals surface area contributed by atoms with Gasteiger partial charge >= 0.3 is 0 Å². The van der Waals surface area contributed by atoms with E-state index in [1.807, 2.05) is 0 Å². The zero-order valence-electron chi connectivity index (χ0n) is 15.5. The Hall–Kier alpha value is -2.55. The maximum absolute atomic E-state index is 12.5. The summed E-state index contributed by atoms with van der Waals surface area (Å²) >= 11 is 0. The van der Waals surface area contributed by atoms with Gasteiger partial charge in [0, 0.05) is 6.07 Å². The van der Waals surface area contributed by atoms with Crippen molar-refractivity contribution in [3.05, 3.63) is 36.0 Å². The smallest absolute Gasteiger partial charge is 0.266 e. The zero-order chi connectivity index (χ0) is 19.6. The van der Waals surface area contributed by atoms with Crippen LogP contribution in [0, 0.1) is 6.92 Å². The first-order chi connectivity index (χ1) is 12.8. The number of anilines is 1. The Balaban J connectivity index is 1.68. The van der Waals surface area contributed by atoms with Gasteiger partial charge in [-0.25, -0.2) is 13.1 Å². The van der Waals surface area contributed by atoms with E-state index in [9.17, 15) is 13.2 Å². The van der Waals surface area contributed by atoms with Crippen LogP contribution in [0.4, 0.5) is 5.82 Å². The molecule has 9 heteroatoms. The van der Waals surface area contributed by atoms with Crippen LogP contribution in [0.2, 0.25) is 0 Å². The zero-order valence-corrected chi connectivity index (χ0v) is 16.3. The van der Waals surface area contributed by atoms with Gasteiger partial charge in [0.2, 0.25) is 0 Å². The lowest BCUT2D eigenvalue weighted by atomic mass is 10.2. The second-order valence-corrected chi connectivity index (χ2v) is 8.83. The van der Waals surface area contributed by atoms with Crippen LogP contribution < -0.4 is 14.8 Å². The van der Waals surface area contributed by atoms with E-state index in [-0.39, 0.29) is 23.5 Å². The second-order valence-electron chi connectivity index (χ2n) is 6.60. The number of ether oxygens (including phenoxy) is 2. The van der Waals surface area contributed by atoms with Crippen molar-refractivity contribution < 1.29 is 22.7 Å². The number of aryl methyl sites for hydroxylation is 1. The Bertz CT molecular complexity index is 921. The SMILES string of the molecule is COc1ccc(OC(C)C(=O)Nc2cc(C)nn2C2CCS(=O)(=O)C2)cc1. The van der Waals surface area contributed by atoms with E-state index in [2.05, 4.69) is 10.4 Å². The summed E-state index contributed by atoms with van der Waals surface area (Å²) in [6, 6.07) is 8.40. The molecule has 146 valence electrons. The highest BCUT2D eigenvalue weighted by atomic mass is 32.2. The minimum absolute atomic E-state index is 0.0366. The molecule has 1 aliphatic heterocycles. The maximum Gasteiger partial charge on any atom is 0.266 e. The number of amides is 1. The van der Waals surface area contributed by atoms with Gasteiger partial charge in [0.05, 0.1) is 30.4 Å². The van der Waals surface area contributed by atoms with Gasteiger partial charge in [-0.3, -0.25) is 4.79 Å². The number of aromatic nitrogens is 2. The van der Waals surface area contributed by atoms with Crippen molar-refractivity contribution in [3.63, 3.8) is 0 Å². The molecular weight excluding hydrogens is 370 g/mol. The largest absolute Gasteiger partial charge is 0.497 e. The van der Waals surface area contributed by atoms with Crippen LogP contribution >= 0.6 is 0 Å². The van der Waals surface area contributed by atoms with E-state index in [4.69, 9.17) is 9.47 Å². The molecule has 2 aromatic rings. The minimum Gasteiger partial charge on any atom is -0.497 e. The Labute approximate surface area is 158 Å². The average Bonchev–Trinajstić information content (AvgIpc) is 3.17. The molecule has 2 atom stereocenters. The summed E-state index contributed by atoms with van der Waals surface area (Å²) < 4.78 is 35.9. The predicted molar refractivity (Wildman–Crippen MR) is 101 cm³/mol. The van der Waals surface area contributed by atoms with Crippen LogP contribution in [0.5, 0.6) is 11.5 Å². The molecule has 1 amide bonds. The summed E-state index contributed by atoms with van der Waals surface area (Å²) in [4.78, 5) is 12.5. The highest BCUT2D eigenvalue weighted by Gasteiger charge is 2.31. The summed E-state index contributed by atoms with van der Waals surface area (Å²) in [6.07, 6.45) is -0.251. The van der Waals surface area contributed by atoms with Gasteiger partial charge < -0.3 is 14.8 Å². The highest BCUT2D eigenvalue weighted by Crippen LogP contribution is 2.27. The quantitative estimate of drug-likeness (QED) is 0.805. The van der Waals surface area contributed by atoms with Crippen LogP contribution in [0.15, 0.2) is 30.3 Å². The molecule has 2 heterocycles. The molecule has 1 aliphatic rings. The number of hydrogen-bond acceptors (Lipinski definition) is 6. The van der Waals surface area contributed by atoms with Crippen molar-refractivity contribution in [2.75, 3.05) is 23.9 Å². The first-order valence-corrected chi connectivity index (χ1v) is 10.5. The van der Waals surface area contributed by atoms with E-state index in [0.29, 0.717) is 29.4 Å². The lowest BCUT2D eigenvalue weighted by molar-refractivity contribution is -0.122. The topological polar surface area (TPSA) is 99.5 Å². The van der Waals surface area contributed by atoms with Crippen molar-refractivity contribution in [1.82, 2.24) is 9.78 Å².